The second-order valence-electron chi connectivity index (χ2n) is 3.38. The number of aliphatic hydroxyl groups is 1. The molecule has 0 atom stereocenters. The number of hydrogen-bond donors (Lipinski definition) is 1. The molecule has 0 saturated carbocycles. The average molecular weight is 210 g/mol. The van der Waals surface area contributed by atoms with Gasteiger partial charge < -0.3 is 5.11 Å². The Morgan fingerprint density at radius 2 is 2.19 bits per heavy atom. The maximum atomic E-state index is 9.20. The minimum Gasteiger partial charge on any atom is -0.392 e. The van der Waals surface area contributed by atoms with Crippen molar-refractivity contribution >= 4 is 0 Å². The van der Waals surface area contributed by atoms with Crippen molar-refractivity contribution in [3.05, 3.63) is 53.9 Å². The quantitative estimate of drug-likeness (QED) is 0.825. The van der Waals surface area contributed by atoms with Gasteiger partial charge in [0.15, 0.2) is 0 Å². The molecule has 2 aromatic rings. The molecule has 0 saturated heterocycles. The summed E-state index contributed by atoms with van der Waals surface area (Å²) in [7, 11) is 0. The van der Waals surface area contributed by atoms with Crippen LogP contribution < -0.4 is 0 Å². The normalized spacial score (nSPS) is 9.75. The SMILES string of the molecule is N#Cc1cccc(-c2ccncc2CO)c1. The van der Waals surface area contributed by atoms with Gasteiger partial charge in [-0.3, -0.25) is 4.98 Å². The first-order valence-electron chi connectivity index (χ1n) is 4.89. The van der Waals surface area contributed by atoms with Gasteiger partial charge in [0.1, 0.15) is 0 Å². The monoisotopic (exact) mass is 210 g/mol. The third-order valence-corrected chi connectivity index (χ3v) is 2.38. The van der Waals surface area contributed by atoms with Gasteiger partial charge in [-0.1, -0.05) is 12.1 Å². The summed E-state index contributed by atoms with van der Waals surface area (Å²) in [5.74, 6) is 0. The summed E-state index contributed by atoms with van der Waals surface area (Å²) >= 11 is 0. The summed E-state index contributed by atoms with van der Waals surface area (Å²) < 4.78 is 0. The molecular weight excluding hydrogens is 200 g/mol. The molecule has 3 heteroatoms. The Bertz CT molecular complexity index is 544. The van der Waals surface area contributed by atoms with E-state index in [1.807, 2.05) is 18.2 Å². The van der Waals surface area contributed by atoms with Gasteiger partial charge in [0, 0.05) is 18.0 Å². The standard InChI is InChI=1S/C13H10N2O/c14-7-10-2-1-3-11(6-10)13-4-5-15-8-12(13)9-16/h1-6,8,16H,9H2. The van der Waals surface area contributed by atoms with Crippen molar-refractivity contribution in [2.75, 3.05) is 0 Å². The first kappa shape index (κ1) is 10.3. The van der Waals surface area contributed by atoms with Gasteiger partial charge in [-0.15, -0.1) is 0 Å². The van der Waals surface area contributed by atoms with E-state index in [4.69, 9.17) is 5.26 Å². The van der Waals surface area contributed by atoms with Crippen molar-refractivity contribution in [3.8, 4) is 17.2 Å². The summed E-state index contributed by atoms with van der Waals surface area (Å²) in [5.41, 5.74) is 3.20. The molecule has 1 heterocycles. The fraction of sp³-hybridized carbons (Fsp3) is 0.0769. The van der Waals surface area contributed by atoms with Crippen LogP contribution in [0.2, 0.25) is 0 Å². The molecule has 0 unspecified atom stereocenters. The summed E-state index contributed by atoms with van der Waals surface area (Å²) in [6.07, 6.45) is 3.31. The first-order valence-corrected chi connectivity index (χ1v) is 4.89. The van der Waals surface area contributed by atoms with E-state index < -0.39 is 0 Å². The van der Waals surface area contributed by atoms with Crippen LogP contribution in [0.1, 0.15) is 11.1 Å². The molecule has 1 aromatic heterocycles. The van der Waals surface area contributed by atoms with Crippen LogP contribution in [-0.2, 0) is 6.61 Å². The van der Waals surface area contributed by atoms with Crippen LogP contribution in [0.3, 0.4) is 0 Å². The molecule has 0 aliphatic rings. The van der Waals surface area contributed by atoms with Gasteiger partial charge in [-0.25, -0.2) is 0 Å². The molecule has 78 valence electrons. The highest BCUT2D eigenvalue weighted by Gasteiger charge is 2.04. The van der Waals surface area contributed by atoms with Crippen LogP contribution in [0.4, 0.5) is 0 Å². The van der Waals surface area contributed by atoms with E-state index in [-0.39, 0.29) is 6.61 Å². The van der Waals surface area contributed by atoms with E-state index in [9.17, 15) is 5.11 Å². The lowest BCUT2D eigenvalue weighted by Crippen LogP contribution is -1.90. The molecule has 2 rings (SSSR count). The van der Waals surface area contributed by atoms with Crippen LogP contribution in [0.15, 0.2) is 42.7 Å². The number of aromatic nitrogens is 1. The Kier molecular flexibility index (Phi) is 2.95. The predicted molar refractivity (Wildman–Crippen MR) is 60.3 cm³/mol. The van der Waals surface area contributed by atoms with E-state index in [0.29, 0.717) is 5.56 Å². The second-order valence-corrected chi connectivity index (χ2v) is 3.38. The van der Waals surface area contributed by atoms with Crippen molar-refractivity contribution in [1.29, 1.82) is 5.26 Å². The number of rotatable bonds is 2. The van der Waals surface area contributed by atoms with Crippen LogP contribution in [0.5, 0.6) is 0 Å². The Balaban J connectivity index is 2.54. The van der Waals surface area contributed by atoms with Gasteiger partial charge in [0.2, 0.25) is 0 Å². The van der Waals surface area contributed by atoms with E-state index >= 15 is 0 Å². The molecule has 0 amide bonds. The zero-order valence-corrected chi connectivity index (χ0v) is 8.59. The molecular formula is C13H10N2O. The second kappa shape index (κ2) is 4.56. The molecule has 0 radical (unpaired) electrons. The van der Waals surface area contributed by atoms with Gasteiger partial charge in [-0.05, 0) is 29.3 Å². The van der Waals surface area contributed by atoms with Crippen molar-refractivity contribution in [2.24, 2.45) is 0 Å². The molecule has 1 aromatic carbocycles. The van der Waals surface area contributed by atoms with Crippen molar-refractivity contribution in [1.82, 2.24) is 4.98 Å². The summed E-state index contributed by atoms with van der Waals surface area (Å²) in [5, 5.41) is 18.0. The lowest BCUT2D eigenvalue weighted by atomic mass is 10.0. The summed E-state index contributed by atoms with van der Waals surface area (Å²) in [6, 6.07) is 11.2. The van der Waals surface area contributed by atoms with E-state index in [0.717, 1.165) is 16.7 Å². The van der Waals surface area contributed by atoms with Gasteiger partial charge >= 0.3 is 0 Å². The number of hydrogen-bond acceptors (Lipinski definition) is 3. The summed E-state index contributed by atoms with van der Waals surface area (Å²) in [4.78, 5) is 3.96. The molecule has 0 aliphatic carbocycles. The molecule has 0 aliphatic heterocycles. The van der Waals surface area contributed by atoms with Crippen LogP contribution in [-0.4, -0.2) is 10.1 Å². The van der Waals surface area contributed by atoms with Crippen LogP contribution >= 0.6 is 0 Å². The smallest absolute Gasteiger partial charge is 0.0991 e. The Morgan fingerprint density at radius 1 is 1.31 bits per heavy atom. The average Bonchev–Trinajstić information content (AvgIpc) is 2.38. The molecule has 0 spiro atoms. The van der Waals surface area contributed by atoms with E-state index in [1.165, 1.54) is 0 Å². The number of nitrogens with zero attached hydrogens (tertiary/aromatic N) is 2. The van der Waals surface area contributed by atoms with Gasteiger partial charge in [0.25, 0.3) is 0 Å². The number of aliphatic hydroxyl groups excluding tert-OH is 1. The summed E-state index contributed by atoms with van der Waals surface area (Å²) in [6.45, 7) is -0.0556. The lowest BCUT2D eigenvalue weighted by molar-refractivity contribution is 0.282. The third-order valence-electron chi connectivity index (χ3n) is 2.38. The largest absolute Gasteiger partial charge is 0.392 e. The fourth-order valence-electron chi connectivity index (χ4n) is 1.59. The van der Waals surface area contributed by atoms with E-state index in [2.05, 4.69) is 11.1 Å². The minimum atomic E-state index is -0.0556. The highest BCUT2D eigenvalue weighted by molar-refractivity contribution is 5.68. The maximum absolute atomic E-state index is 9.20. The number of benzene rings is 1. The maximum Gasteiger partial charge on any atom is 0.0991 e. The third kappa shape index (κ3) is 1.92. The fourth-order valence-corrected chi connectivity index (χ4v) is 1.59. The molecule has 1 N–H and O–H groups in total. The predicted octanol–water partition coefficient (Wildman–Crippen LogP) is 2.11. The molecule has 0 bridgehead atoms. The molecule has 3 nitrogen and oxygen atoms in total. The van der Waals surface area contributed by atoms with Crippen LogP contribution in [0, 0.1) is 11.3 Å². The highest BCUT2D eigenvalue weighted by Crippen LogP contribution is 2.23. The minimum absolute atomic E-state index is 0.0556. The number of pyridine rings is 1. The Labute approximate surface area is 93.6 Å². The van der Waals surface area contributed by atoms with Gasteiger partial charge in [0.05, 0.1) is 18.2 Å². The van der Waals surface area contributed by atoms with Crippen molar-refractivity contribution < 1.29 is 5.11 Å². The Hall–Kier alpha value is -2.18. The molecule has 16 heavy (non-hydrogen) atoms. The number of nitriles is 1. The first-order chi connectivity index (χ1) is 7.85. The molecule has 0 fully saturated rings. The van der Waals surface area contributed by atoms with Gasteiger partial charge in [-0.2, -0.15) is 5.26 Å². The zero-order chi connectivity index (χ0) is 11.4. The topological polar surface area (TPSA) is 56.9 Å². The highest BCUT2D eigenvalue weighted by atomic mass is 16.3. The van der Waals surface area contributed by atoms with Crippen molar-refractivity contribution in [3.63, 3.8) is 0 Å². The van der Waals surface area contributed by atoms with E-state index in [1.54, 1.807) is 24.5 Å². The van der Waals surface area contributed by atoms with Crippen molar-refractivity contribution in [2.45, 2.75) is 6.61 Å². The Morgan fingerprint density at radius 3 is 2.94 bits per heavy atom. The van der Waals surface area contributed by atoms with Crippen LogP contribution in [0.25, 0.3) is 11.1 Å². The zero-order valence-electron chi connectivity index (χ0n) is 8.59. The lowest BCUT2D eigenvalue weighted by Gasteiger charge is -2.06.